The predicted molar refractivity (Wildman–Crippen MR) is 117 cm³/mol. The summed E-state index contributed by atoms with van der Waals surface area (Å²) in [4.78, 5) is 32.2. The van der Waals surface area contributed by atoms with E-state index in [4.69, 9.17) is 9.47 Å². The van der Waals surface area contributed by atoms with E-state index in [9.17, 15) is 9.59 Å². The van der Waals surface area contributed by atoms with Crippen molar-refractivity contribution in [1.29, 1.82) is 0 Å². The SMILES string of the molecule is O=C(CSCc1cc(=O)n2ccsc2n1)N1CCCC1c1ccc2c(c1)OCCO2. The normalized spacial score (nSPS) is 18.1. The number of benzene rings is 1. The van der Waals surface area contributed by atoms with Crippen LogP contribution in [0.15, 0.2) is 40.6 Å². The summed E-state index contributed by atoms with van der Waals surface area (Å²) in [6, 6.07) is 7.59. The number of fused-ring (bicyclic) bond motifs is 2. The number of hydrogen-bond donors (Lipinski definition) is 0. The number of nitrogens with zero attached hydrogens (tertiary/aromatic N) is 3. The van der Waals surface area contributed by atoms with E-state index in [0.29, 0.717) is 35.4 Å². The molecular formula is C21H21N3O4S2. The molecule has 156 valence electrons. The number of aromatic nitrogens is 2. The van der Waals surface area contributed by atoms with Gasteiger partial charge in [0.25, 0.3) is 5.56 Å². The van der Waals surface area contributed by atoms with Crippen molar-refractivity contribution in [1.82, 2.24) is 14.3 Å². The first-order chi connectivity index (χ1) is 14.7. The summed E-state index contributed by atoms with van der Waals surface area (Å²) in [7, 11) is 0. The number of carbonyl (C=O) groups is 1. The molecule has 2 aromatic heterocycles. The first-order valence-electron chi connectivity index (χ1n) is 9.91. The molecule has 0 N–H and O–H groups in total. The van der Waals surface area contributed by atoms with Crippen LogP contribution in [-0.2, 0) is 10.5 Å². The Balaban J connectivity index is 1.23. The minimum absolute atomic E-state index is 0.0687. The van der Waals surface area contributed by atoms with Crippen LogP contribution in [0.25, 0.3) is 4.96 Å². The average Bonchev–Trinajstić information content (AvgIpc) is 3.43. The highest BCUT2D eigenvalue weighted by Crippen LogP contribution is 2.38. The molecule has 0 aliphatic carbocycles. The highest BCUT2D eigenvalue weighted by molar-refractivity contribution is 7.99. The molecule has 30 heavy (non-hydrogen) atoms. The monoisotopic (exact) mass is 443 g/mol. The molecule has 1 saturated heterocycles. The van der Waals surface area contributed by atoms with Crippen molar-refractivity contribution in [3.63, 3.8) is 0 Å². The van der Waals surface area contributed by atoms with Gasteiger partial charge >= 0.3 is 0 Å². The van der Waals surface area contributed by atoms with E-state index in [1.54, 1.807) is 12.3 Å². The van der Waals surface area contributed by atoms with Gasteiger partial charge in [0, 0.05) is 29.9 Å². The molecule has 1 fully saturated rings. The summed E-state index contributed by atoms with van der Waals surface area (Å²) in [5.41, 5.74) is 1.72. The van der Waals surface area contributed by atoms with Crippen LogP contribution in [0.2, 0.25) is 0 Å². The van der Waals surface area contributed by atoms with Gasteiger partial charge in [0.05, 0.1) is 17.5 Å². The van der Waals surface area contributed by atoms with E-state index < -0.39 is 0 Å². The van der Waals surface area contributed by atoms with Crippen molar-refractivity contribution in [2.45, 2.75) is 24.6 Å². The summed E-state index contributed by atoms with van der Waals surface area (Å²) < 4.78 is 12.8. The van der Waals surface area contributed by atoms with Crippen molar-refractivity contribution in [2.75, 3.05) is 25.5 Å². The standard InChI is InChI=1S/C21H21N3O4S2/c25-19-11-15(22-21-24(19)6-9-30-21)12-29-13-20(26)23-5-1-2-16(23)14-3-4-17-18(10-14)28-8-7-27-17/h3-4,6,9-11,16H,1-2,5,7-8,12-13H2. The van der Waals surface area contributed by atoms with Crippen molar-refractivity contribution in [2.24, 2.45) is 0 Å². The summed E-state index contributed by atoms with van der Waals surface area (Å²) >= 11 is 2.93. The topological polar surface area (TPSA) is 73.1 Å². The van der Waals surface area contributed by atoms with Crippen LogP contribution >= 0.6 is 23.1 Å². The van der Waals surface area contributed by atoms with Gasteiger partial charge in [-0.1, -0.05) is 6.07 Å². The molecule has 1 unspecified atom stereocenters. The van der Waals surface area contributed by atoms with Crippen molar-refractivity contribution in [3.8, 4) is 11.5 Å². The van der Waals surface area contributed by atoms with Gasteiger partial charge in [-0.25, -0.2) is 4.98 Å². The average molecular weight is 444 g/mol. The third-order valence-electron chi connectivity index (χ3n) is 5.36. The molecule has 2 aliphatic heterocycles. The summed E-state index contributed by atoms with van der Waals surface area (Å²) in [5.74, 6) is 2.55. The predicted octanol–water partition coefficient (Wildman–Crippen LogP) is 3.12. The molecule has 1 atom stereocenters. The lowest BCUT2D eigenvalue weighted by Gasteiger charge is -2.26. The minimum Gasteiger partial charge on any atom is -0.486 e. The molecular weight excluding hydrogens is 422 g/mol. The molecule has 2 aliphatic rings. The summed E-state index contributed by atoms with van der Waals surface area (Å²) in [6.45, 7) is 1.88. The largest absolute Gasteiger partial charge is 0.486 e. The Bertz CT molecular complexity index is 1140. The number of ether oxygens (including phenoxy) is 2. The van der Waals surface area contributed by atoms with E-state index in [0.717, 1.165) is 36.4 Å². The Hall–Kier alpha value is -2.52. The second-order valence-corrected chi connectivity index (χ2v) is 9.14. The molecule has 0 radical (unpaired) electrons. The zero-order valence-corrected chi connectivity index (χ0v) is 17.9. The number of thioether (sulfide) groups is 1. The molecule has 1 aromatic carbocycles. The van der Waals surface area contributed by atoms with E-state index in [1.807, 2.05) is 28.5 Å². The van der Waals surface area contributed by atoms with E-state index in [2.05, 4.69) is 4.98 Å². The van der Waals surface area contributed by atoms with Crippen LogP contribution in [0, 0.1) is 0 Å². The molecule has 9 heteroatoms. The maximum absolute atomic E-state index is 12.9. The van der Waals surface area contributed by atoms with Crippen LogP contribution in [0.3, 0.4) is 0 Å². The van der Waals surface area contributed by atoms with Gasteiger partial charge in [-0.05, 0) is 30.5 Å². The van der Waals surface area contributed by atoms with Gasteiger partial charge in [-0.2, -0.15) is 0 Å². The zero-order chi connectivity index (χ0) is 20.5. The van der Waals surface area contributed by atoms with Crippen molar-refractivity contribution in [3.05, 3.63) is 57.5 Å². The Kier molecular flexibility index (Phi) is 5.39. The maximum atomic E-state index is 12.9. The fourth-order valence-electron chi connectivity index (χ4n) is 3.97. The van der Waals surface area contributed by atoms with Crippen LogP contribution in [0.1, 0.15) is 30.1 Å². The van der Waals surface area contributed by atoms with Crippen LogP contribution in [-0.4, -0.2) is 45.7 Å². The number of carbonyl (C=O) groups excluding carboxylic acids is 1. The van der Waals surface area contributed by atoms with E-state index in [1.165, 1.54) is 27.5 Å². The molecule has 5 rings (SSSR count). The second-order valence-electron chi connectivity index (χ2n) is 7.28. The van der Waals surface area contributed by atoms with Gasteiger partial charge in [0.1, 0.15) is 13.2 Å². The lowest BCUT2D eigenvalue weighted by atomic mass is 10.0. The Morgan fingerprint density at radius 2 is 2.10 bits per heavy atom. The first-order valence-corrected chi connectivity index (χ1v) is 11.9. The Labute approximate surface area is 181 Å². The molecule has 7 nitrogen and oxygen atoms in total. The van der Waals surface area contributed by atoms with Gasteiger partial charge in [-0.15, -0.1) is 23.1 Å². The molecule has 3 aromatic rings. The lowest BCUT2D eigenvalue weighted by molar-refractivity contribution is -0.129. The van der Waals surface area contributed by atoms with Crippen LogP contribution < -0.4 is 15.0 Å². The van der Waals surface area contributed by atoms with Crippen molar-refractivity contribution < 1.29 is 14.3 Å². The van der Waals surface area contributed by atoms with Crippen LogP contribution in [0.4, 0.5) is 0 Å². The molecule has 0 spiro atoms. The quantitative estimate of drug-likeness (QED) is 0.603. The number of hydrogen-bond acceptors (Lipinski definition) is 7. The fraction of sp³-hybridized carbons (Fsp3) is 0.381. The second kappa shape index (κ2) is 8.31. The number of thiazole rings is 1. The fourth-order valence-corrected chi connectivity index (χ4v) is 5.50. The summed E-state index contributed by atoms with van der Waals surface area (Å²) in [6.07, 6.45) is 3.66. The highest BCUT2D eigenvalue weighted by atomic mass is 32.2. The first kappa shape index (κ1) is 19.4. The van der Waals surface area contributed by atoms with Crippen molar-refractivity contribution >= 4 is 34.0 Å². The molecule has 0 saturated carbocycles. The number of rotatable bonds is 5. The van der Waals surface area contributed by atoms with E-state index >= 15 is 0 Å². The van der Waals surface area contributed by atoms with Gasteiger partial charge < -0.3 is 14.4 Å². The number of amides is 1. The van der Waals surface area contributed by atoms with Gasteiger partial charge in [0.15, 0.2) is 16.5 Å². The Morgan fingerprint density at radius 3 is 3.00 bits per heavy atom. The third-order valence-corrected chi connectivity index (χ3v) is 7.06. The smallest absolute Gasteiger partial charge is 0.258 e. The van der Waals surface area contributed by atoms with E-state index in [-0.39, 0.29) is 17.5 Å². The molecule has 1 amide bonds. The summed E-state index contributed by atoms with van der Waals surface area (Å²) in [5, 5.41) is 1.84. The Morgan fingerprint density at radius 1 is 1.23 bits per heavy atom. The highest BCUT2D eigenvalue weighted by Gasteiger charge is 2.30. The maximum Gasteiger partial charge on any atom is 0.258 e. The molecule has 4 heterocycles. The zero-order valence-electron chi connectivity index (χ0n) is 16.3. The molecule has 0 bridgehead atoms. The van der Waals surface area contributed by atoms with Crippen LogP contribution in [0.5, 0.6) is 11.5 Å². The number of likely N-dealkylation sites (tertiary alicyclic amines) is 1. The minimum atomic E-state index is -0.0820. The van der Waals surface area contributed by atoms with Gasteiger partial charge in [0.2, 0.25) is 5.91 Å². The third kappa shape index (κ3) is 3.79. The van der Waals surface area contributed by atoms with Gasteiger partial charge in [-0.3, -0.25) is 14.0 Å². The lowest BCUT2D eigenvalue weighted by Crippen LogP contribution is -2.32.